The van der Waals surface area contributed by atoms with Crippen molar-refractivity contribution in [2.24, 2.45) is 11.8 Å². The van der Waals surface area contributed by atoms with Crippen LogP contribution in [0.1, 0.15) is 24.0 Å². The number of anilines is 2. The highest BCUT2D eigenvalue weighted by Gasteiger charge is 2.74. The van der Waals surface area contributed by atoms with Gasteiger partial charge in [-0.2, -0.15) is 0 Å². The summed E-state index contributed by atoms with van der Waals surface area (Å²) in [6.07, 6.45) is 1.69. The maximum atomic E-state index is 13.8. The van der Waals surface area contributed by atoms with E-state index in [1.54, 1.807) is 18.2 Å². The summed E-state index contributed by atoms with van der Waals surface area (Å²) in [5, 5.41) is 3.55. The summed E-state index contributed by atoms with van der Waals surface area (Å²) < 4.78 is 0. The summed E-state index contributed by atoms with van der Waals surface area (Å²) in [5.41, 5.74) is 1.68. The maximum Gasteiger partial charge on any atom is 0.250 e. The standard InChI is InChI=1S/C23H20ClN3O3/c1-12-10-13(24)11-15-19(12)25-22(30)23(15)18-17(16-8-5-9-26(16)23)20(28)27(21(18)29)14-6-3-2-4-7-14/h2-4,6-7,10-11,16-18H,5,8-9H2,1H3,(H,25,30)/t16-,17-,18+,23+/m1/s1. The predicted octanol–water partition coefficient (Wildman–Crippen LogP) is 3.08. The van der Waals surface area contributed by atoms with Crippen LogP contribution in [0.3, 0.4) is 0 Å². The van der Waals surface area contributed by atoms with E-state index in [0.29, 0.717) is 22.9 Å². The molecule has 4 heterocycles. The van der Waals surface area contributed by atoms with Crippen LogP contribution in [-0.2, 0) is 19.9 Å². The summed E-state index contributed by atoms with van der Waals surface area (Å²) >= 11 is 6.39. The van der Waals surface area contributed by atoms with Crippen LogP contribution >= 0.6 is 11.6 Å². The lowest BCUT2D eigenvalue weighted by Crippen LogP contribution is -2.54. The number of fused-ring (bicyclic) bond motifs is 7. The lowest BCUT2D eigenvalue weighted by molar-refractivity contribution is -0.135. The fourth-order valence-corrected chi connectivity index (χ4v) is 6.54. The van der Waals surface area contributed by atoms with Crippen LogP contribution in [0.25, 0.3) is 0 Å². The van der Waals surface area contributed by atoms with E-state index >= 15 is 0 Å². The topological polar surface area (TPSA) is 69.7 Å². The first-order valence-electron chi connectivity index (χ1n) is 10.3. The Bertz CT molecular complexity index is 1130. The highest BCUT2D eigenvalue weighted by molar-refractivity contribution is 6.31. The Morgan fingerprint density at radius 3 is 2.63 bits per heavy atom. The molecule has 1 N–H and O–H groups in total. The van der Waals surface area contributed by atoms with E-state index in [9.17, 15) is 14.4 Å². The van der Waals surface area contributed by atoms with Gasteiger partial charge < -0.3 is 5.32 Å². The Labute approximate surface area is 178 Å². The van der Waals surface area contributed by atoms with Crippen LogP contribution in [-0.4, -0.2) is 35.2 Å². The van der Waals surface area contributed by atoms with Gasteiger partial charge in [-0.1, -0.05) is 29.8 Å². The monoisotopic (exact) mass is 421 g/mol. The van der Waals surface area contributed by atoms with Crippen LogP contribution in [0.4, 0.5) is 11.4 Å². The number of carbonyl (C=O) groups is 3. The van der Waals surface area contributed by atoms with Crippen molar-refractivity contribution in [3.8, 4) is 0 Å². The molecular formula is C23H20ClN3O3. The van der Waals surface area contributed by atoms with E-state index in [-0.39, 0.29) is 23.8 Å². The summed E-state index contributed by atoms with van der Waals surface area (Å²) in [6, 6.07) is 12.5. The van der Waals surface area contributed by atoms with Gasteiger partial charge in [0, 0.05) is 22.3 Å². The van der Waals surface area contributed by atoms with E-state index in [1.807, 2.05) is 31.2 Å². The molecule has 3 amide bonds. The Morgan fingerprint density at radius 2 is 1.87 bits per heavy atom. The third-order valence-corrected chi connectivity index (χ3v) is 7.50. The van der Waals surface area contributed by atoms with Crippen molar-refractivity contribution in [1.29, 1.82) is 0 Å². The van der Waals surface area contributed by atoms with Crippen molar-refractivity contribution in [3.63, 3.8) is 0 Å². The summed E-state index contributed by atoms with van der Waals surface area (Å²) in [6.45, 7) is 2.58. The molecule has 7 heteroatoms. The van der Waals surface area contributed by atoms with Crippen LogP contribution in [0.2, 0.25) is 5.02 Å². The number of hydrogen-bond acceptors (Lipinski definition) is 4. The molecule has 1 spiro atoms. The normalized spacial score (nSPS) is 32.0. The molecule has 0 bridgehead atoms. The number of imide groups is 1. The molecule has 30 heavy (non-hydrogen) atoms. The molecule has 152 valence electrons. The molecule has 4 aliphatic rings. The van der Waals surface area contributed by atoms with Gasteiger partial charge in [0.15, 0.2) is 0 Å². The Morgan fingerprint density at radius 1 is 1.10 bits per heavy atom. The number of amides is 3. The molecule has 0 aliphatic carbocycles. The summed E-state index contributed by atoms with van der Waals surface area (Å²) in [4.78, 5) is 44.4. The van der Waals surface area contributed by atoms with Crippen molar-refractivity contribution in [2.75, 3.05) is 16.8 Å². The third-order valence-electron chi connectivity index (χ3n) is 7.28. The van der Waals surface area contributed by atoms with Crippen molar-refractivity contribution in [1.82, 2.24) is 4.90 Å². The van der Waals surface area contributed by atoms with Gasteiger partial charge in [0.25, 0.3) is 0 Å². The number of halogens is 1. The number of nitrogens with one attached hydrogen (secondary N) is 1. The largest absolute Gasteiger partial charge is 0.324 e. The molecule has 0 saturated carbocycles. The smallest absolute Gasteiger partial charge is 0.250 e. The van der Waals surface area contributed by atoms with Gasteiger partial charge in [-0.05, 0) is 56.1 Å². The van der Waals surface area contributed by atoms with Crippen molar-refractivity contribution >= 4 is 40.7 Å². The zero-order valence-corrected chi connectivity index (χ0v) is 17.1. The van der Waals surface area contributed by atoms with Gasteiger partial charge in [0.2, 0.25) is 17.7 Å². The summed E-state index contributed by atoms with van der Waals surface area (Å²) in [7, 11) is 0. The lowest BCUT2D eigenvalue weighted by Gasteiger charge is -2.36. The molecule has 0 radical (unpaired) electrons. The molecule has 0 aromatic heterocycles. The van der Waals surface area contributed by atoms with Crippen molar-refractivity contribution in [3.05, 3.63) is 58.6 Å². The van der Waals surface area contributed by atoms with Gasteiger partial charge in [0.05, 0.1) is 17.5 Å². The second-order valence-corrected chi connectivity index (χ2v) is 9.06. The number of nitrogens with zero attached hydrogens (tertiary/aromatic N) is 2. The van der Waals surface area contributed by atoms with E-state index in [0.717, 1.165) is 24.0 Å². The molecule has 6 rings (SSSR count). The van der Waals surface area contributed by atoms with Crippen molar-refractivity contribution in [2.45, 2.75) is 31.3 Å². The third kappa shape index (κ3) is 1.96. The lowest BCUT2D eigenvalue weighted by atomic mass is 9.75. The van der Waals surface area contributed by atoms with Gasteiger partial charge in [-0.15, -0.1) is 0 Å². The van der Waals surface area contributed by atoms with Gasteiger partial charge in [-0.3, -0.25) is 19.3 Å². The van der Waals surface area contributed by atoms with Crippen LogP contribution < -0.4 is 10.2 Å². The quantitative estimate of drug-likeness (QED) is 0.718. The number of aryl methyl sites for hydroxylation is 1. The van der Waals surface area contributed by atoms with E-state index in [1.165, 1.54) is 4.90 Å². The zero-order valence-electron chi connectivity index (χ0n) is 16.4. The highest BCUT2D eigenvalue weighted by atomic mass is 35.5. The fraction of sp³-hybridized carbons (Fsp3) is 0.348. The first-order chi connectivity index (χ1) is 14.5. The molecule has 4 atom stereocenters. The highest BCUT2D eigenvalue weighted by Crippen LogP contribution is 2.61. The Hall–Kier alpha value is -2.70. The van der Waals surface area contributed by atoms with Crippen LogP contribution in [0.15, 0.2) is 42.5 Å². The minimum atomic E-state index is -1.19. The fourth-order valence-electron chi connectivity index (χ4n) is 6.27. The number of benzene rings is 2. The SMILES string of the molecule is Cc1cc(Cl)cc2c1NC(=O)[C@@]21[C@@H]2C(=O)N(c3ccccc3)C(=O)[C@@H]2[C@H]2CCCN21. The number of carbonyl (C=O) groups excluding carboxylic acids is 3. The number of para-hydroxylation sites is 1. The van der Waals surface area contributed by atoms with Crippen molar-refractivity contribution < 1.29 is 14.4 Å². The average Bonchev–Trinajstić information content (AvgIpc) is 3.42. The average molecular weight is 422 g/mol. The molecular weight excluding hydrogens is 402 g/mol. The zero-order chi connectivity index (χ0) is 20.8. The Kier molecular flexibility index (Phi) is 3.58. The first-order valence-corrected chi connectivity index (χ1v) is 10.7. The molecule has 3 saturated heterocycles. The molecule has 4 aliphatic heterocycles. The minimum absolute atomic E-state index is 0.129. The molecule has 2 aromatic carbocycles. The number of hydrogen-bond donors (Lipinski definition) is 1. The van der Waals surface area contributed by atoms with Gasteiger partial charge in [0.1, 0.15) is 5.54 Å². The van der Waals surface area contributed by atoms with Gasteiger partial charge >= 0.3 is 0 Å². The molecule has 0 unspecified atom stereocenters. The minimum Gasteiger partial charge on any atom is -0.324 e. The first kappa shape index (κ1) is 18.1. The van der Waals surface area contributed by atoms with E-state index in [2.05, 4.69) is 10.2 Å². The van der Waals surface area contributed by atoms with Gasteiger partial charge in [-0.25, -0.2) is 4.90 Å². The summed E-state index contributed by atoms with van der Waals surface area (Å²) in [5.74, 6) is -2.01. The number of rotatable bonds is 1. The molecule has 2 aromatic rings. The maximum absolute atomic E-state index is 13.8. The Balaban J connectivity index is 1.59. The predicted molar refractivity (Wildman–Crippen MR) is 112 cm³/mol. The van der Waals surface area contributed by atoms with Crippen LogP contribution in [0, 0.1) is 18.8 Å². The van der Waals surface area contributed by atoms with E-state index in [4.69, 9.17) is 11.6 Å². The van der Waals surface area contributed by atoms with Crippen LogP contribution in [0.5, 0.6) is 0 Å². The second kappa shape index (κ2) is 5.93. The second-order valence-electron chi connectivity index (χ2n) is 8.62. The molecule has 3 fully saturated rings. The molecule has 6 nitrogen and oxygen atoms in total. The van der Waals surface area contributed by atoms with E-state index < -0.39 is 17.4 Å².